The zero-order valence-corrected chi connectivity index (χ0v) is 10.7. The molecule has 0 aliphatic carbocycles. The second-order valence-corrected chi connectivity index (χ2v) is 5.46. The second kappa shape index (κ2) is 4.58. The van der Waals surface area contributed by atoms with E-state index >= 15 is 0 Å². The zero-order valence-electron chi connectivity index (χ0n) is 9.86. The van der Waals surface area contributed by atoms with Gasteiger partial charge in [0.15, 0.2) is 0 Å². The molecule has 1 fully saturated rings. The maximum atomic E-state index is 4.37. The van der Waals surface area contributed by atoms with E-state index in [-0.39, 0.29) is 0 Å². The van der Waals surface area contributed by atoms with E-state index in [1.807, 2.05) is 0 Å². The summed E-state index contributed by atoms with van der Waals surface area (Å²) in [6, 6.07) is 2.71. The molecule has 0 radical (unpaired) electrons. The number of aryl methyl sites for hydroxylation is 1. The van der Waals surface area contributed by atoms with Gasteiger partial charge in [-0.2, -0.15) is 0 Å². The van der Waals surface area contributed by atoms with Crippen molar-refractivity contribution < 1.29 is 0 Å². The van der Waals surface area contributed by atoms with Gasteiger partial charge in [0, 0.05) is 17.5 Å². The lowest BCUT2D eigenvalue weighted by Crippen LogP contribution is -2.22. The van der Waals surface area contributed by atoms with Crippen LogP contribution in [-0.2, 0) is 6.42 Å². The first kappa shape index (κ1) is 10.9. The average molecular weight is 248 g/mol. The number of hydrogen-bond donors (Lipinski definition) is 2. The number of aromatic nitrogens is 2. The molecular weight excluding hydrogens is 232 g/mol. The number of nitrogens with zero attached hydrogens (tertiary/aromatic N) is 2. The molecule has 3 rings (SSSR count). The van der Waals surface area contributed by atoms with Gasteiger partial charge in [0.05, 0.1) is 5.39 Å². The summed E-state index contributed by atoms with van der Waals surface area (Å²) in [5.74, 6) is 0.986. The van der Waals surface area contributed by atoms with Crippen molar-refractivity contribution in [3.05, 3.63) is 17.3 Å². The molecule has 2 aromatic rings. The van der Waals surface area contributed by atoms with Crippen molar-refractivity contribution >= 4 is 27.4 Å². The fraction of sp³-hybridized carbons (Fsp3) is 0.500. The Labute approximate surface area is 104 Å². The Morgan fingerprint density at radius 2 is 2.47 bits per heavy atom. The first-order chi connectivity index (χ1) is 8.36. The van der Waals surface area contributed by atoms with Crippen LogP contribution in [0, 0.1) is 0 Å². The van der Waals surface area contributed by atoms with Crippen molar-refractivity contribution in [2.75, 3.05) is 18.4 Å². The van der Waals surface area contributed by atoms with Gasteiger partial charge in [-0.1, -0.05) is 6.92 Å². The SMILES string of the molecule is CCc1cc2c(NC3CCNC3)ncnc2s1. The summed E-state index contributed by atoms with van der Waals surface area (Å²) in [7, 11) is 0. The summed E-state index contributed by atoms with van der Waals surface area (Å²) in [6.07, 6.45) is 3.88. The zero-order chi connectivity index (χ0) is 11.7. The number of hydrogen-bond acceptors (Lipinski definition) is 5. The Hall–Kier alpha value is -1.20. The Morgan fingerprint density at radius 1 is 1.53 bits per heavy atom. The molecule has 3 heterocycles. The lowest BCUT2D eigenvalue weighted by molar-refractivity contribution is 0.789. The normalized spacial score (nSPS) is 19.9. The van der Waals surface area contributed by atoms with Crippen LogP contribution >= 0.6 is 11.3 Å². The molecule has 0 amide bonds. The number of anilines is 1. The highest BCUT2D eigenvalue weighted by molar-refractivity contribution is 7.18. The molecule has 0 bridgehead atoms. The third kappa shape index (κ3) is 2.12. The molecule has 2 aromatic heterocycles. The van der Waals surface area contributed by atoms with Crippen LogP contribution in [0.4, 0.5) is 5.82 Å². The van der Waals surface area contributed by atoms with Crippen LogP contribution < -0.4 is 10.6 Å². The van der Waals surface area contributed by atoms with Crippen LogP contribution in [0.2, 0.25) is 0 Å². The lowest BCUT2D eigenvalue weighted by atomic mass is 10.2. The second-order valence-electron chi connectivity index (χ2n) is 4.34. The summed E-state index contributed by atoms with van der Waals surface area (Å²) in [4.78, 5) is 11.2. The van der Waals surface area contributed by atoms with Crippen molar-refractivity contribution in [1.29, 1.82) is 0 Å². The Balaban J connectivity index is 1.94. The van der Waals surface area contributed by atoms with Gasteiger partial charge in [0.2, 0.25) is 0 Å². The van der Waals surface area contributed by atoms with Gasteiger partial charge >= 0.3 is 0 Å². The van der Waals surface area contributed by atoms with Gasteiger partial charge < -0.3 is 10.6 Å². The molecule has 17 heavy (non-hydrogen) atoms. The predicted molar refractivity (Wildman–Crippen MR) is 71.7 cm³/mol. The Morgan fingerprint density at radius 3 is 3.24 bits per heavy atom. The van der Waals surface area contributed by atoms with Crippen molar-refractivity contribution in [2.45, 2.75) is 25.8 Å². The van der Waals surface area contributed by atoms with E-state index in [9.17, 15) is 0 Å². The fourth-order valence-corrected chi connectivity index (χ4v) is 3.10. The van der Waals surface area contributed by atoms with Crippen LogP contribution in [-0.4, -0.2) is 29.1 Å². The quantitative estimate of drug-likeness (QED) is 0.872. The largest absolute Gasteiger partial charge is 0.365 e. The van der Waals surface area contributed by atoms with E-state index in [4.69, 9.17) is 0 Å². The minimum Gasteiger partial charge on any atom is -0.365 e. The van der Waals surface area contributed by atoms with E-state index in [0.29, 0.717) is 6.04 Å². The van der Waals surface area contributed by atoms with Crippen LogP contribution in [0.25, 0.3) is 10.2 Å². The van der Waals surface area contributed by atoms with Gasteiger partial charge in [0.1, 0.15) is 17.0 Å². The molecule has 1 aliphatic rings. The summed E-state index contributed by atoms with van der Waals surface area (Å²) in [5, 5.41) is 8.04. The molecule has 0 spiro atoms. The summed E-state index contributed by atoms with van der Waals surface area (Å²) in [6.45, 7) is 4.29. The molecule has 2 N–H and O–H groups in total. The van der Waals surface area contributed by atoms with E-state index < -0.39 is 0 Å². The number of rotatable bonds is 3. The molecule has 0 saturated carbocycles. The topological polar surface area (TPSA) is 49.8 Å². The van der Waals surface area contributed by atoms with Crippen LogP contribution in [0.5, 0.6) is 0 Å². The van der Waals surface area contributed by atoms with E-state index in [2.05, 4.69) is 33.6 Å². The fourth-order valence-electron chi connectivity index (χ4n) is 2.17. The monoisotopic (exact) mass is 248 g/mol. The lowest BCUT2D eigenvalue weighted by Gasteiger charge is -2.12. The molecule has 90 valence electrons. The minimum atomic E-state index is 0.498. The highest BCUT2D eigenvalue weighted by Crippen LogP contribution is 2.28. The smallest absolute Gasteiger partial charge is 0.138 e. The van der Waals surface area contributed by atoms with Crippen LogP contribution in [0.15, 0.2) is 12.4 Å². The molecule has 1 atom stereocenters. The predicted octanol–water partition coefficient (Wildman–Crippen LogP) is 2.03. The molecule has 1 aliphatic heterocycles. The average Bonchev–Trinajstić information content (AvgIpc) is 2.97. The van der Waals surface area contributed by atoms with E-state index in [1.54, 1.807) is 17.7 Å². The van der Waals surface area contributed by atoms with Gasteiger partial charge in [-0.3, -0.25) is 0 Å². The summed E-state index contributed by atoms with van der Waals surface area (Å²) in [5.41, 5.74) is 0. The van der Waals surface area contributed by atoms with Crippen LogP contribution in [0.1, 0.15) is 18.2 Å². The highest BCUT2D eigenvalue weighted by atomic mass is 32.1. The van der Waals surface area contributed by atoms with Crippen molar-refractivity contribution in [2.24, 2.45) is 0 Å². The molecule has 0 aromatic carbocycles. The van der Waals surface area contributed by atoms with Gasteiger partial charge in [-0.25, -0.2) is 9.97 Å². The van der Waals surface area contributed by atoms with Crippen molar-refractivity contribution in [3.63, 3.8) is 0 Å². The van der Waals surface area contributed by atoms with Gasteiger partial charge in [0.25, 0.3) is 0 Å². The third-order valence-electron chi connectivity index (χ3n) is 3.13. The molecular formula is C12H16N4S. The van der Waals surface area contributed by atoms with Gasteiger partial charge in [-0.05, 0) is 25.5 Å². The summed E-state index contributed by atoms with van der Waals surface area (Å²) >= 11 is 1.76. The molecule has 1 saturated heterocycles. The van der Waals surface area contributed by atoms with Crippen molar-refractivity contribution in [1.82, 2.24) is 15.3 Å². The summed E-state index contributed by atoms with van der Waals surface area (Å²) < 4.78 is 0. The van der Waals surface area contributed by atoms with Crippen LogP contribution in [0.3, 0.4) is 0 Å². The van der Waals surface area contributed by atoms with Crippen molar-refractivity contribution in [3.8, 4) is 0 Å². The minimum absolute atomic E-state index is 0.498. The molecule has 1 unspecified atom stereocenters. The van der Waals surface area contributed by atoms with E-state index in [0.717, 1.165) is 36.6 Å². The highest BCUT2D eigenvalue weighted by Gasteiger charge is 2.16. The standard InChI is InChI=1S/C12H16N4S/c1-2-9-5-10-11(14-7-15-12(10)17-9)16-8-3-4-13-6-8/h5,7-8,13H,2-4,6H2,1H3,(H,14,15,16). The number of nitrogens with one attached hydrogen (secondary N) is 2. The Bertz CT molecular complexity index is 516. The number of thiophene rings is 1. The molecule has 4 nitrogen and oxygen atoms in total. The third-order valence-corrected chi connectivity index (χ3v) is 4.32. The number of fused-ring (bicyclic) bond motifs is 1. The maximum Gasteiger partial charge on any atom is 0.138 e. The Kier molecular flexibility index (Phi) is 2.94. The van der Waals surface area contributed by atoms with Gasteiger partial charge in [-0.15, -0.1) is 11.3 Å². The first-order valence-electron chi connectivity index (χ1n) is 6.07. The molecule has 5 heteroatoms. The first-order valence-corrected chi connectivity index (χ1v) is 6.89. The maximum absolute atomic E-state index is 4.37. The van der Waals surface area contributed by atoms with E-state index in [1.165, 1.54) is 10.3 Å².